The molecule has 0 aliphatic heterocycles. The summed E-state index contributed by atoms with van der Waals surface area (Å²) in [6.07, 6.45) is 3.13. The Balaban J connectivity index is 1.85. The Labute approximate surface area is 145 Å². The SMILES string of the molecule is CCCCNc1nc(Nc2ccc3ccccc3c2)ncc1[N+](=O)[O-]. The summed E-state index contributed by atoms with van der Waals surface area (Å²) in [5, 5.41) is 19.5. The standard InChI is InChI=1S/C18H19N5O2/c1-2-3-10-19-17-16(23(24)25)12-20-18(22-17)21-15-9-8-13-6-4-5-7-14(13)11-15/h4-9,11-12H,2-3,10H2,1H3,(H2,19,20,21,22). The minimum absolute atomic E-state index is 0.125. The lowest BCUT2D eigenvalue weighted by Crippen LogP contribution is -2.08. The van der Waals surface area contributed by atoms with Crippen molar-refractivity contribution in [2.24, 2.45) is 0 Å². The second kappa shape index (κ2) is 7.57. The first kappa shape index (κ1) is 16.6. The van der Waals surface area contributed by atoms with Crippen molar-refractivity contribution in [3.63, 3.8) is 0 Å². The molecular weight excluding hydrogens is 318 g/mol. The van der Waals surface area contributed by atoms with Crippen molar-refractivity contribution in [2.45, 2.75) is 19.8 Å². The maximum Gasteiger partial charge on any atom is 0.329 e. The molecule has 0 aliphatic carbocycles. The topological polar surface area (TPSA) is 93.0 Å². The van der Waals surface area contributed by atoms with Crippen LogP contribution in [0.2, 0.25) is 0 Å². The smallest absolute Gasteiger partial charge is 0.329 e. The number of anilines is 3. The van der Waals surface area contributed by atoms with Crippen LogP contribution < -0.4 is 10.6 Å². The van der Waals surface area contributed by atoms with Gasteiger partial charge in [-0.05, 0) is 29.3 Å². The summed E-state index contributed by atoms with van der Waals surface area (Å²) in [6, 6.07) is 13.9. The van der Waals surface area contributed by atoms with Gasteiger partial charge in [0.25, 0.3) is 0 Å². The van der Waals surface area contributed by atoms with Crippen molar-refractivity contribution in [3.8, 4) is 0 Å². The van der Waals surface area contributed by atoms with Crippen molar-refractivity contribution in [1.29, 1.82) is 0 Å². The quantitative estimate of drug-likeness (QED) is 0.375. The van der Waals surface area contributed by atoms with Crippen molar-refractivity contribution < 1.29 is 4.92 Å². The average molecular weight is 337 g/mol. The average Bonchev–Trinajstić information content (AvgIpc) is 2.62. The molecular formula is C18H19N5O2. The van der Waals surface area contributed by atoms with Gasteiger partial charge in [0.05, 0.1) is 4.92 Å². The van der Waals surface area contributed by atoms with Crippen LogP contribution in [0.4, 0.5) is 23.1 Å². The first-order valence-electron chi connectivity index (χ1n) is 8.18. The van der Waals surface area contributed by atoms with Crippen LogP contribution in [0.5, 0.6) is 0 Å². The minimum atomic E-state index is -0.478. The number of fused-ring (bicyclic) bond motifs is 1. The highest BCUT2D eigenvalue weighted by molar-refractivity contribution is 5.86. The van der Waals surface area contributed by atoms with E-state index in [1.807, 2.05) is 42.5 Å². The van der Waals surface area contributed by atoms with E-state index >= 15 is 0 Å². The zero-order valence-electron chi connectivity index (χ0n) is 13.9. The van der Waals surface area contributed by atoms with Crippen molar-refractivity contribution in [1.82, 2.24) is 9.97 Å². The van der Waals surface area contributed by atoms with E-state index in [2.05, 4.69) is 27.5 Å². The van der Waals surface area contributed by atoms with Crippen LogP contribution in [0, 0.1) is 10.1 Å². The molecule has 2 aromatic carbocycles. The van der Waals surface area contributed by atoms with Gasteiger partial charge in [-0.3, -0.25) is 10.1 Å². The van der Waals surface area contributed by atoms with E-state index in [-0.39, 0.29) is 11.5 Å². The molecule has 1 aromatic heterocycles. The third-order valence-corrected chi connectivity index (χ3v) is 3.79. The molecule has 3 rings (SSSR count). The Kier molecular flexibility index (Phi) is 5.03. The van der Waals surface area contributed by atoms with Crippen LogP contribution in [-0.4, -0.2) is 21.4 Å². The first-order valence-corrected chi connectivity index (χ1v) is 8.18. The van der Waals surface area contributed by atoms with Gasteiger partial charge in [-0.2, -0.15) is 4.98 Å². The predicted octanol–water partition coefficient (Wildman–Crippen LogP) is 4.49. The summed E-state index contributed by atoms with van der Waals surface area (Å²) in [7, 11) is 0. The summed E-state index contributed by atoms with van der Waals surface area (Å²) in [5.41, 5.74) is 0.701. The van der Waals surface area contributed by atoms with E-state index in [0.29, 0.717) is 12.5 Å². The molecule has 7 nitrogen and oxygen atoms in total. The van der Waals surface area contributed by atoms with Gasteiger partial charge >= 0.3 is 5.69 Å². The molecule has 1 heterocycles. The molecule has 3 aromatic rings. The molecule has 128 valence electrons. The molecule has 0 bridgehead atoms. The van der Waals surface area contributed by atoms with E-state index in [1.165, 1.54) is 6.20 Å². The Morgan fingerprint density at radius 3 is 2.72 bits per heavy atom. The first-order chi connectivity index (χ1) is 12.2. The van der Waals surface area contributed by atoms with E-state index in [1.54, 1.807) is 0 Å². The third kappa shape index (κ3) is 4.00. The zero-order chi connectivity index (χ0) is 17.6. The lowest BCUT2D eigenvalue weighted by Gasteiger charge is -2.09. The number of hydrogen-bond donors (Lipinski definition) is 2. The van der Waals surface area contributed by atoms with Gasteiger partial charge in [0, 0.05) is 12.2 Å². The molecule has 25 heavy (non-hydrogen) atoms. The molecule has 0 amide bonds. The van der Waals surface area contributed by atoms with E-state index < -0.39 is 4.92 Å². The summed E-state index contributed by atoms with van der Waals surface area (Å²) >= 11 is 0. The highest BCUT2D eigenvalue weighted by Gasteiger charge is 2.17. The number of hydrogen-bond acceptors (Lipinski definition) is 6. The zero-order valence-corrected chi connectivity index (χ0v) is 13.9. The molecule has 7 heteroatoms. The number of unbranched alkanes of at least 4 members (excludes halogenated alkanes) is 1. The third-order valence-electron chi connectivity index (χ3n) is 3.79. The number of aromatic nitrogens is 2. The van der Waals surface area contributed by atoms with Crippen LogP contribution in [0.1, 0.15) is 19.8 Å². The van der Waals surface area contributed by atoms with E-state index in [4.69, 9.17) is 0 Å². The molecule has 0 spiro atoms. The summed E-state index contributed by atoms with van der Waals surface area (Å²) in [6.45, 7) is 2.69. The van der Waals surface area contributed by atoms with Crippen molar-refractivity contribution in [3.05, 3.63) is 58.8 Å². The Hall–Kier alpha value is -3.22. The molecule has 0 saturated carbocycles. The summed E-state index contributed by atoms with van der Waals surface area (Å²) in [4.78, 5) is 19.0. The number of benzene rings is 2. The molecule has 0 saturated heterocycles. The molecule has 0 aliphatic rings. The fourth-order valence-electron chi connectivity index (χ4n) is 2.48. The number of rotatable bonds is 7. The molecule has 2 N–H and O–H groups in total. The minimum Gasteiger partial charge on any atom is -0.364 e. The van der Waals surface area contributed by atoms with Gasteiger partial charge in [-0.1, -0.05) is 43.7 Å². The fraction of sp³-hybridized carbons (Fsp3) is 0.222. The maximum absolute atomic E-state index is 11.1. The summed E-state index contributed by atoms with van der Waals surface area (Å²) < 4.78 is 0. The van der Waals surface area contributed by atoms with Gasteiger partial charge in [-0.15, -0.1) is 0 Å². The van der Waals surface area contributed by atoms with Crippen LogP contribution in [0.25, 0.3) is 10.8 Å². The second-order valence-electron chi connectivity index (χ2n) is 5.65. The number of nitrogens with zero attached hydrogens (tertiary/aromatic N) is 3. The van der Waals surface area contributed by atoms with Crippen LogP contribution in [0.3, 0.4) is 0 Å². The van der Waals surface area contributed by atoms with Crippen LogP contribution in [-0.2, 0) is 0 Å². The van der Waals surface area contributed by atoms with Gasteiger partial charge < -0.3 is 10.6 Å². The van der Waals surface area contributed by atoms with Gasteiger partial charge in [0.2, 0.25) is 11.8 Å². The van der Waals surface area contributed by atoms with Crippen LogP contribution in [0.15, 0.2) is 48.7 Å². The largest absolute Gasteiger partial charge is 0.364 e. The molecule has 0 unspecified atom stereocenters. The van der Waals surface area contributed by atoms with Gasteiger partial charge in [-0.25, -0.2) is 4.98 Å². The van der Waals surface area contributed by atoms with Crippen molar-refractivity contribution in [2.75, 3.05) is 17.2 Å². The van der Waals surface area contributed by atoms with Gasteiger partial charge in [0.15, 0.2) is 0 Å². The van der Waals surface area contributed by atoms with E-state index in [0.717, 1.165) is 29.3 Å². The van der Waals surface area contributed by atoms with Gasteiger partial charge in [0.1, 0.15) is 6.20 Å². The van der Waals surface area contributed by atoms with E-state index in [9.17, 15) is 10.1 Å². The molecule has 0 radical (unpaired) electrons. The van der Waals surface area contributed by atoms with Crippen molar-refractivity contribution >= 4 is 33.9 Å². The summed E-state index contributed by atoms with van der Waals surface area (Å²) in [5.74, 6) is 0.552. The van der Waals surface area contributed by atoms with Crippen LogP contribution >= 0.6 is 0 Å². The lowest BCUT2D eigenvalue weighted by atomic mass is 10.1. The Morgan fingerprint density at radius 1 is 1.16 bits per heavy atom. The fourth-order valence-corrected chi connectivity index (χ4v) is 2.48. The lowest BCUT2D eigenvalue weighted by molar-refractivity contribution is -0.384. The second-order valence-corrected chi connectivity index (χ2v) is 5.65. The molecule has 0 fully saturated rings. The monoisotopic (exact) mass is 337 g/mol. The highest BCUT2D eigenvalue weighted by atomic mass is 16.6. The maximum atomic E-state index is 11.1. The highest BCUT2D eigenvalue weighted by Crippen LogP contribution is 2.25. The Bertz CT molecular complexity index is 898. The Morgan fingerprint density at radius 2 is 1.96 bits per heavy atom. The number of nitrogens with one attached hydrogen (secondary N) is 2. The molecule has 0 atom stereocenters. The normalized spacial score (nSPS) is 10.6. The number of nitro groups is 1. The predicted molar refractivity (Wildman–Crippen MR) is 99.3 cm³/mol.